The number of carbonyl (C=O) groups excluding carboxylic acids is 1. The van der Waals surface area contributed by atoms with E-state index in [2.05, 4.69) is 21.2 Å². The molecule has 1 amide bonds. The van der Waals surface area contributed by atoms with Crippen molar-refractivity contribution in [2.75, 3.05) is 0 Å². The zero-order valence-corrected chi connectivity index (χ0v) is 13.0. The van der Waals surface area contributed by atoms with E-state index < -0.39 is 12.0 Å². The predicted octanol–water partition coefficient (Wildman–Crippen LogP) is 2.73. The van der Waals surface area contributed by atoms with Gasteiger partial charge in [0.2, 0.25) is 0 Å². The number of aliphatic carboxylic acids is 1. The minimum absolute atomic E-state index is 0.165. The van der Waals surface area contributed by atoms with Crippen LogP contribution in [0.3, 0.4) is 0 Å². The number of rotatable bonds is 5. The van der Waals surface area contributed by atoms with E-state index in [4.69, 9.17) is 5.11 Å². The number of carboxylic acids is 1. The molecule has 2 aromatic rings. The van der Waals surface area contributed by atoms with E-state index in [-0.39, 0.29) is 12.3 Å². The van der Waals surface area contributed by atoms with Crippen molar-refractivity contribution in [3.63, 3.8) is 0 Å². The van der Waals surface area contributed by atoms with Gasteiger partial charge in [-0.1, -0.05) is 30.3 Å². The predicted molar refractivity (Wildman–Crippen MR) is 82.0 cm³/mol. The summed E-state index contributed by atoms with van der Waals surface area (Å²) in [5, 5.41) is 11.8. The van der Waals surface area contributed by atoms with Gasteiger partial charge in [-0.05, 0) is 27.6 Å². The fourth-order valence-electron chi connectivity index (χ4n) is 2.09. The molecule has 0 radical (unpaired) electrons. The third-order valence-corrected chi connectivity index (χ3v) is 3.52. The summed E-state index contributed by atoms with van der Waals surface area (Å²) in [5.41, 5.74) is 1.23. The Morgan fingerprint density at radius 2 is 2.00 bits per heavy atom. The van der Waals surface area contributed by atoms with E-state index in [0.717, 1.165) is 10.0 Å². The van der Waals surface area contributed by atoms with Crippen LogP contribution in [0.2, 0.25) is 0 Å². The number of hydrogen-bond acceptors (Lipinski definition) is 2. The van der Waals surface area contributed by atoms with Crippen LogP contribution in [0, 0.1) is 0 Å². The van der Waals surface area contributed by atoms with Crippen LogP contribution >= 0.6 is 15.9 Å². The molecule has 2 N–H and O–H groups in total. The largest absolute Gasteiger partial charge is 0.481 e. The van der Waals surface area contributed by atoms with Crippen LogP contribution < -0.4 is 5.32 Å². The number of nitrogens with zero attached hydrogens (tertiary/aromatic N) is 1. The van der Waals surface area contributed by atoms with E-state index in [1.807, 2.05) is 18.2 Å². The quantitative estimate of drug-likeness (QED) is 0.870. The van der Waals surface area contributed by atoms with E-state index in [9.17, 15) is 9.59 Å². The first-order valence-corrected chi connectivity index (χ1v) is 7.16. The topological polar surface area (TPSA) is 71.3 Å². The smallest absolute Gasteiger partial charge is 0.305 e. The van der Waals surface area contributed by atoms with Crippen LogP contribution in [0.25, 0.3) is 0 Å². The van der Waals surface area contributed by atoms with Gasteiger partial charge in [-0.3, -0.25) is 9.59 Å². The molecule has 0 fully saturated rings. The zero-order valence-electron chi connectivity index (χ0n) is 11.4. The van der Waals surface area contributed by atoms with E-state index in [1.54, 1.807) is 36.0 Å². The highest BCUT2D eigenvalue weighted by molar-refractivity contribution is 9.10. The lowest BCUT2D eigenvalue weighted by molar-refractivity contribution is -0.137. The molecule has 1 heterocycles. The third kappa shape index (κ3) is 3.95. The molecule has 0 aliphatic rings. The van der Waals surface area contributed by atoms with Gasteiger partial charge in [0.25, 0.3) is 5.91 Å². The molecular formula is C15H15BrN2O3. The number of carbonyl (C=O) groups is 2. The number of aromatic nitrogens is 1. The molecule has 0 saturated carbocycles. The average Bonchev–Trinajstić information content (AvgIpc) is 2.77. The first-order chi connectivity index (χ1) is 9.97. The number of halogens is 1. The summed E-state index contributed by atoms with van der Waals surface area (Å²) in [4.78, 5) is 23.3. The Labute approximate surface area is 130 Å². The number of amides is 1. The van der Waals surface area contributed by atoms with Crippen molar-refractivity contribution >= 4 is 27.8 Å². The minimum Gasteiger partial charge on any atom is -0.481 e. The Morgan fingerprint density at radius 1 is 1.33 bits per heavy atom. The van der Waals surface area contributed by atoms with Crippen molar-refractivity contribution < 1.29 is 14.7 Å². The van der Waals surface area contributed by atoms with Crippen molar-refractivity contribution in [2.24, 2.45) is 7.05 Å². The van der Waals surface area contributed by atoms with Crippen molar-refractivity contribution in [1.29, 1.82) is 0 Å². The number of benzene rings is 1. The molecule has 1 aromatic heterocycles. The zero-order chi connectivity index (χ0) is 15.4. The molecule has 0 bridgehead atoms. The normalized spacial score (nSPS) is 11.9. The Morgan fingerprint density at radius 3 is 2.52 bits per heavy atom. The molecule has 1 unspecified atom stereocenters. The average molecular weight is 351 g/mol. The van der Waals surface area contributed by atoms with Gasteiger partial charge in [0.15, 0.2) is 0 Å². The van der Waals surface area contributed by atoms with Crippen LogP contribution in [0.4, 0.5) is 0 Å². The Kier molecular flexibility index (Phi) is 4.80. The molecule has 5 nitrogen and oxygen atoms in total. The van der Waals surface area contributed by atoms with Crippen molar-refractivity contribution in [3.05, 3.63) is 58.3 Å². The second-order valence-corrected chi connectivity index (χ2v) is 5.60. The lowest BCUT2D eigenvalue weighted by atomic mass is 10.0. The van der Waals surface area contributed by atoms with Crippen molar-refractivity contribution in [3.8, 4) is 0 Å². The molecule has 21 heavy (non-hydrogen) atoms. The Balaban J connectivity index is 2.21. The Hall–Kier alpha value is -2.08. The van der Waals surface area contributed by atoms with E-state index >= 15 is 0 Å². The molecule has 2 rings (SSSR count). The molecule has 110 valence electrons. The van der Waals surface area contributed by atoms with E-state index in [0.29, 0.717) is 5.69 Å². The second kappa shape index (κ2) is 6.58. The fourth-order valence-corrected chi connectivity index (χ4v) is 2.62. The number of aryl methyl sites for hydroxylation is 1. The number of carboxylic acid groups (broad SMARTS) is 1. The SMILES string of the molecule is Cn1cc(Br)cc1C(=O)NC(CC(=O)O)c1ccccc1. The monoisotopic (exact) mass is 350 g/mol. The molecule has 0 saturated heterocycles. The fraction of sp³-hybridized carbons (Fsp3) is 0.200. The second-order valence-electron chi connectivity index (χ2n) is 4.69. The summed E-state index contributed by atoms with van der Waals surface area (Å²) in [6, 6.07) is 10.2. The summed E-state index contributed by atoms with van der Waals surface area (Å²) in [6.07, 6.45) is 1.60. The van der Waals surface area contributed by atoms with Gasteiger partial charge in [0.05, 0.1) is 12.5 Å². The molecule has 0 aliphatic heterocycles. The number of nitrogens with one attached hydrogen (secondary N) is 1. The van der Waals surface area contributed by atoms with Crippen LogP contribution in [0.15, 0.2) is 47.1 Å². The molecule has 1 atom stereocenters. The van der Waals surface area contributed by atoms with Gasteiger partial charge in [-0.25, -0.2) is 0 Å². The lowest BCUT2D eigenvalue weighted by Crippen LogP contribution is -2.31. The highest BCUT2D eigenvalue weighted by atomic mass is 79.9. The first kappa shape index (κ1) is 15.3. The summed E-state index contributed by atoms with van der Waals surface area (Å²) < 4.78 is 2.48. The summed E-state index contributed by atoms with van der Waals surface area (Å²) >= 11 is 3.31. The number of hydrogen-bond donors (Lipinski definition) is 2. The molecule has 6 heteroatoms. The van der Waals surface area contributed by atoms with Gasteiger partial charge in [-0.15, -0.1) is 0 Å². The van der Waals surface area contributed by atoms with Gasteiger partial charge in [0.1, 0.15) is 5.69 Å². The molecule has 0 spiro atoms. The maximum atomic E-state index is 12.3. The highest BCUT2D eigenvalue weighted by Crippen LogP contribution is 2.19. The minimum atomic E-state index is -0.961. The molecular weight excluding hydrogens is 336 g/mol. The first-order valence-electron chi connectivity index (χ1n) is 6.37. The van der Waals surface area contributed by atoms with Gasteiger partial charge >= 0.3 is 5.97 Å². The Bertz CT molecular complexity index is 652. The summed E-state index contributed by atoms with van der Waals surface area (Å²) in [7, 11) is 1.76. The standard InChI is InChI=1S/C15H15BrN2O3/c1-18-9-11(16)7-13(18)15(21)17-12(8-14(19)20)10-5-3-2-4-6-10/h2-7,9,12H,8H2,1H3,(H,17,21)(H,19,20). The lowest BCUT2D eigenvalue weighted by Gasteiger charge is -2.17. The van der Waals surface area contributed by atoms with E-state index in [1.165, 1.54) is 0 Å². The summed E-state index contributed by atoms with van der Waals surface area (Å²) in [5.74, 6) is -1.27. The summed E-state index contributed by atoms with van der Waals surface area (Å²) in [6.45, 7) is 0. The molecule has 0 aliphatic carbocycles. The van der Waals surface area contributed by atoms with Crippen LogP contribution in [-0.2, 0) is 11.8 Å². The van der Waals surface area contributed by atoms with Crippen LogP contribution in [0.1, 0.15) is 28.5 Å². The maximum absolute atomic E-state index is 12.3. The van der Waals surface area contributed by atoms with Gasteiger partial charge < -0.3 is 15.0 Å². The van der Waals surface area contributed by atoms with Crippen LogP contribution in [-0.4, -0.2) is 21.6 Å². The van der Waals surface area contributed by atoms with Crippen molar-refractivity contribution in [2.45, 2.75) is 12.5 Å². The van der Waals surface area contributed by atoms with Crippen molar-refractivity contribution in [1.82, 2.24) is 9.88 Å². The van der Waals surface area contributed by atoms with Gasteiger partial charge in [0, 0.05) is 17.7 Å². The van der Waals surface area contributed by atoms with Gasteiger partial charge in [-0.2, -0.15) is 0 Å². The molecule has 1 aromatic carbocycles. The maximum Gasteiger partial charge on any atom is 0.305 e. The van der Waals surface area contributed by atoms with Crippen LogP contribution in [0.5, 0.6) is 0 Å². The highest BCUT2D eigenvalue weighted by Gasteiger charge is 2.20. The third-order valence-electron chi connectivity index (χ3n) is 3.09.